The maximum absolute atomic E-state index is 9.76. The molecule has 0 aliphatic carbocycles. The van der Waals surface area contributed by atoms with Gasteiger partial charge in [-0.25, -0.2) is 0 Å². The molecule has 0 aromatic heterocycles. The van der Waals surface area contributed by atoms with Gasteiger partial charge >= 0.3 is 0 Å². The van der Waals surface area contributed by atoms with Crippen LogP contribution in [0.3, 0.4) is 0 Å². The Bertz CT molecular complexity index is 199. The van der Waals surface area contributed by atoms with Gasteiger partial charge in [0.15, 0.2) is 0 Å². The standard InChI is InChI=1S/C8H8O2.Na/c9-7-10-6-8-4-2-1-3-5-8;/h1-5,7H,6H2;. The van der Waals surface area contributed by atoms with E-state index in [9.17, 15) is 4.79 Å². The SMILES string of the molecule is O=COCc1ccccc1.[Na]. The van der Waals surface area contributed by atoms with Gasteiger partial charge in [-0.1, -0.05) is 30.3 Å². The number of carbonyl (C=O) groups is 1. The molecule has 0 aliphatic rings. The first-order valence-electron chi connectivity index (χ1n) is 3.02. The fraction of sp³-hybridized carbons (Fsp3) is 0.125. The van der Waals surface area contributed by atoms with E-state index in [0.29, 0.717) is 13.1 Å². The van der Waals surface area contributed by atoms with Gasteiger partial charge in [0.1, 0.15) is 6.61 Å². The summed E-state index contributed by atoms with van der Waals surface area (Å²) in [6.45, 7) is 0.817. The fourth-order valence-electron chi connectivity index (χ4n) is 0.704. The summed E-state index contributed by atoms with van der Waals surface area (Å²) in [5.74, 6) is 0. The van der Waals surface area contributed by atoms with Crippen molar-refractivity contribution in [2.45, 2.75) is 6.61 Å². The minimum atomic E-state index is 0. The van der Waals surface area contributed by atoms with Crippen LogP contribution in [0.25, 0.3) is 0 Å². The number of ether oxygens (including phenoxy) is 1. The van der Waals surface area contributed by atoms with Gasteiger partial charge in [0.05, 0.1) is 0 Å². The first-order valence-corrected chi connectivity index (χ1v) is 3.02. The van der Waals surface area contributed by atoms with Crippen LogP contribution in [0.1, 0.15) is 5.56 Å². The second-order valence-corrected chi connectivity index (χ2v) is 1.89. The van der Waals surface area contributed by atoms with Gasteiger partial charge in [-0.3, -0.25) is 4.79 Å². The summed E-state index contributed by atoms with van der Waals surface area (Å²) in [4.78, 5) is 9.76. The third kappa shape index (κ3) is 4.19. The Labute approximate surface area is 87.8 Å². The maximum atomic E-state index is 9.76. The van der Waals surface area contributed by atoms with Crippen molar-refractivity contribution in [3.63, 3.8) is 0 Å². The van der Waals surface area contributed by atoms with E-state index >= 15 is 0 Å². The minimum Gasteiger partial charge on any atom is -0.463 e. The largest absolute Gasteiger partial charge is 0.463 e. The molecule has 0 saturated heterocycles. The summed E-state index contributed by atoms with van der Waals surface area (Å²) >= 11 is 0. The van der Waals surface area contributed by atoms with Gasteiger partial charge in [0, 0.05) is 29.6 Å². The van der Waals surface area contributed by atoms with Crippen molar-refractivity contribution < 1.29 is 9.53 Å². The third-order valence-electron chi connectivity index (χ3n) is 1.16. The van der Waals surface area contributed by atoms with E-state index in [4.69, 9.17) is 0 Å². The van der Waals surface area contributed by atoms with Gasteiger partial charge in [0.2, 0.25) is 0 Å². The molecule has 0 unspecified atom stereocenters. The molecule has 0 amide bonds. The van der Waals surface area contributed by atoms with Crippen molar-refractivity contribution in [3.8, 4) is 0 Å². The Kier molecular flexibility index (Phi) is 6.22. The molecule has 53 valence electrons. The van der Waals surface area contributed by atoms with Crippen LogP contribution in [0.5, 0.6) is 0 Å². The molecule has 2 nitrogen and oxygen atoms in total. The average molecular weight is 159 g/mol. The summed E-state index contributed by atoms with van der Waals surface area (Å²) < 4.78 is 4.54. The molecule has 1 rings (SSSR count). The zero-order chi connectivity index (χ0) is 7.23. The predicted molar refractivity (Wildman–Crippen MR) is 43.0 cm³/mol. The number of benzene rings is 1. The Morgan fingerprint density at radius 3 is 2.45 bits per heavy atom. The number of carbonyl (C=O) groups excluding carboxylic acids is 1. The molecule has 0 fully saturated rings. The molecule has 11 heavy (non-hydrogen) atoms. The van der Waals surface area contributed by atoms with Crippen LogP contribution in [-0.4, -0.2) is 36.0 Å². The summed E-state index contributed by atoms with van der Waals surface area (Å²) in [5, 5.41) is 0. The van der Waals surface area contributed by atoms with Crippen molar-refractivity contribution in [2.75, 3.05) is 0 Å². The van der Waals surface area contributed by atoms with Gasteiger partial charge < -0.3 is 4.74 Å². The van der Waals surface area contributed by atoms with E-state index in [0.717, 1.165) is 5.56 Å². The first-order chi connectivity index (χ1) is 4.93. The van der Waals surface area contributed by atoms with E-state index in [2.05, 4.69) is 4.74 Å². The predicted octanol–water partition coefficient (Wildman–Crippen LogP) is 0.979. The molecular weight excluding hydrogens is 151 g/mol. The molecule has 0 atom stereocenters. The Morgan fingerprint density at radius 1 is 1.27 bits per heavy atom. The van der Waals surface area contributed by atoms with Gasteiger partial charge in [0.25, 0.3) is 6.47 Å². The second-order valence-electron chi connectivity index (χ2n) is 1.89. The van der Waals surface area contributed by atoms with E-state index in [1.165, 1.54) is 0 Å². The molecule has 0 N–H and O–H groups in total. The molecule has 0 bridgehead atoms. The summed E-state index contributed by atoms with van der Waals surface area (Å²) in [6, 6.07) is 9.55. The minimum absolute atomic E-state index is 0. The number of rotatable bonds is 3. The normalized spacial score (nSPS) is 8.00. The van der Waals surface area contributed by atoms with Crippen molar-refractivity contribution in [2.24, 2.45) is 0 Å². The smallest absolute Gasteiger partial charge is 0.293 e. The van der Waals surface area contributed by atoms with Gasteiger partial charge in [-0.05, 0) is 5.56 Å². The van der Waals surface area contributed by atoms with Crippen LogP contribution in [0.2, 0.25) is 0 Å². The van der Waals surface area contributed by atoms with E-state index in [1.54, 1.807) is 0 Å². The van der Waals surface area contributed by atoms with Crippen molar-refractivity contribution in [1.82, 2.24) is 0 Å². The van der Waals surface area contributed by atoms with Gasteiger partial charge in [-0.15, -0.1) is 0 Å². The average Bonchev–Trinajstić information content (AvgIpc) is 2.03. The Morgan fingerprint density at radius 2 is 1.91 bits per heavy atom. The van der Waals surface area contributed by atoms with Crippen molar-refractivity contribution in [1.29, 1.82) is 0 Å². The molecule has 0 saturated carbocycles. The van der Waals surface area contributed by atoms with Crippen LogP contribution >= 0.6 is 0 Å². The zero-order valence-corrected chi connectivity index (χ0v) is 8.49. The molecule has 0 spiro atoms. The molecule has 3 heteroatoms. The van der Waals surface area contributed by atoms with Crippen LogP contribution in [0.4, 0.5) is 0 Å². The molecule has 1 aromatic carbocycles. The quantitative estimate of drug-likeness (QED) is 0.485. The van der Waals surface area contributed by atoms with E-state index in [1.807, 2.05) is 30.3 Å². The van der Waals surface area contributed by atoms with E-state index < -0.39 is 0 Å². The molecular formula is C8H8NaO2. The number of hydrogen-bond acceptors (Lipinski definition) is 2. The van der Waals surface area contributed by atoms with E-state index in [-0.39, 0.29) is 29.6 Å². The maximum Gasteiger partial charge on any atom is 0.293 e. The molecule has 0 aliphatic heterocycles. The molecule has 1 radical (unpaired) electrons. The Hall–Kier alpha value is -0.310. The monoisotopic (exact) mass is 159 g/mol. The van der Waals surface area contributed by atoms with Crippen LogP contribution in [-0.2, 0) is 16.1 Å². The molecule has 0 heterocycles. The fourth-order valence-corrected chi connectivity index (χ4v) is 0.704. The van der Waals surface area contributed by atoms with Crippen LogP contribution in [0.15, 0.2) is 30.3 Å². The van der Waals surface area contributed by atoms with Crippen molar-refractivity contribution in [3.05, 3.63) is 35.9 Å². The van der Waals surface area contributed by atoms with Crippen LogP contribution in [0, 0.1) is 0 Å². The Balaban J connectivity index is 0.000001000. The summed E-state index contributed by atoms with van der Waals surface area (Å²) in [6.07, 6.45) is 0. The topological polar surface area (TPSA) is 26.3 Å². The zero-order valence-electron chi connectivity index (χ0n) is 6.49. The van der Waals surface area contributed by atoms with Crippen LogP contribution < -0.4 is 0 Å². The van der Waals surface area contributed by atoms with Gasteiger partial charge in [-0.2, -0.15) is 0 Å². The first kappa shape index (κ1) is 10.7. The van der Waals surface area contributed by atoms with Crippen molar-refractivity contribution >= 4 is 36.0 Å². The third-order valence-corrected chi connectivity index (χ3v) is 1.16. The number of hydrogen-bond donors (Lipinski definition) is 0. The second kappa shape index (κ2) is 6.40. The summed E-state index contributed by atoms with van der Waals surface area (Å²) in [5.41, 5.74) is 1.01. The molecule has 1 aromatic rings. The summed E-state index contributed by atoms with van der Waals surface area (Å²) in [7, 11) is 0.